The number of hydrogen-bond acceptors (Lipinski definition) is 5. The molecule has 1 aliphatic rings. The van der Waals surface area contributed by atoms with Crippen molar-refractivity contribution in [1.82, 2.24) is 5.01 Å². The highest BCUT2D eigenvalue weighted by Crippen LogP contribution is 2.15. The highest BCUT2D eigenvalue weighted by atomic mass is 16.3. The van der Waals surface area contributed by atoms with Gasteiger partial charge in [-0.05, 0) is 5.56 Å². The van der Waals surface area contributed by atoms with Crippen LogP contribution in [-0.2, 0) is 0 Å². The van der Waals surface area contributed by atoms with Crippen molar-refractivity contribution in [2.75, 3.05) is 6.54 Å². The van der Waals surface area contributed by atoms with Crippen LogP contribution in [0.15, 0.2) is 58.7 Å². The van der Waals surface area contributed by atoms with Crippen molar-refractivity contribution in [3.8, 4) is 6.07 Å². The Kier molecular flexibility index (Phi) is 3.30. The molecule has 0 aliphatic carbocycles. The molecule has 1 aromatic rings. The lowest BCUT2D eigenvalue weighted by Crippen LogP contribution is -2.25. The number of hydrogen-bond donors (Lipinski definition) is 2. The Labute approximate surface area is 105 Å². The number of nitrogens with two attached hydrogens (primary N) is 1. The van der Waals surface area contributed by atoms with Gasteiger partial charge in [0.25, 0.3) is 0 Å². The fourth-order valence-electron chi connectivity index (χ4n) is 1.50. The van der Waals surface area contributed by atoms with E-state index in [9.17, 15) is 5.11 Å². The lowest BCUT2D eigenvalue weighted by Gasteiger charge is -2.21. The van der Waals surface area contributed by atoms with Crippen molar-refractivity contribution in [3.05, 3.63) is 59.1 Å². The van der Waals surface area contributed by atoms with Gasteiger partial charge in [-0.2, -0.15) is 10.4 Å². The third kappa shape index (κ3) is 2.50. The predicted molar refractivity (Wildman–Crippen MR) is 68.3 cm³/mol. The van der Waals surface area contributed by atoms with Gasteiger partial charge < -0.3 is 10.8 Å². The molecule has 2 rings (SSSR count). The average Bonchev–Trinajstić information content (AvgIpc) is 2.39. The fraction of sp³-hybridized carbons (Fsp3) is 0.0769. The number of aliphatic hydroxyl groups excluding tert-OH is 1. The first-order valence-electron chi connectivity index (χ1n) is 5.36. The predicted octanol–water partition coefficient (Wildman–Crippen LogP) is 1.47. The summed E-state index contributed by atoms with van der Waals surface area (Å²) >= 11 is 0. The summed E-state index contributed by atoms with van der Waals surface area (Å²) in [6.07, 6.45) is 2.94. The molecule has 1 aromatic carbocycles. The standard InChI is InChI=1S/C13H12N4O/c14-7-11-9-17(13(18)6-12(11)15)16-8-10-4-2-1-3-5-10/h1-6,8,18H,9,15H2/b16-8+. The summed E-state index contributed by atoms with van der Waals surface area (Å²) in [5.74, 6) is -0.0707. The minimum absolute atomic E-state index is 0.0707. The van der Waals surface area contributed by atoms with Gasteiger partial charge in [0, 0.05) is 6.08 Å². The van der Waals surface area contributed by atoms with Gasteiger partial charge in [0.05, 0.1) is 30.1 Å². The van der Waals surface area contributed by atoms with Crippen LogP contribution >= 0.6 is 0 Å². The number of hydrazone groups is 1. The molecule has 0 saturated carbocycles. The zero-order chi connectivity index (χ0) is 13.0. The van der Waals surface area contributed by atoms with Crippen molar-refractivity contribution >= 4 is 6.21 Å². The molecule has 18 heavy (non-hydrogen) atoms. The molecular formula is C13H12N4O. The first kappa shape index (κ1) is 11.7. The number of allylic oxidation sites excluding steroid dienone is 1. The Hall–Kier alpha value is -2.74. The van der Waals surface area contributed by atoms with Crippen molar-refractivity contribution < 1.29 is 5.11 Å². The number of benzene rings is 1. The molecule has 0 bridgehead atoms. The molecule has 5 nitrogen and oxygen atoms in total. The second-order valence-electron chi connectivity index (χ2n) is 3.76. The van der Waals surface area contributed by atoms with Crippen LogP contribution in [0, 0.1) is 11.3 Å². The molecule has 0 spiro atoms. The first-order chi connectivity index (χ1) is 8.70. The van der Waals surface area contributed by atoms with Crippen LogP contribution in [0.2, 0.25) is 0 Å². The highest BCUT2D eigenvalue weighted by molar-refractivity contribution is 5.79. The van der Waals surface area contributed by atoms with Crippen LogP contribution in [0.3, 0.4) is 0 Å². The van der Waals surface area contributed by atoms with Crippen molar-refractivity contribution in [2.24, 2.45) is 10.8 Å². The minimum Gasteiger partial charge on any atom is -0.493 e. The highest BCUT2D eigenvalue weighted by Gasteiger charge is 2.17. The smallest absolute Gasteiger partial charge is 0.210 e. The van der Waals surface area contributed by atoms with Crippen molar-refractivity contribution in [2.45, 2.75) is 0 Å². The SMILES string of the molecule is N#CC1=C(N)C=C(O)N(/N=C/c2ccccc2)C1. The Morgan fingerprint density at radius 2 is 2.11 bits per heavy atom. The average molecular weight is 240 g/mol. The molecular weight excluding hydrogens is 228 g/mol. The monoisotopic (exact) mass is 240 g/mol. The van der Waals surface area contributed by atoms with Gasteiger partial charge in [0.1, 0.15) is 0 Å². The second-order valence-corrected chi connectivity index (χ2v) is 3.76. The van der Waals surface area contributed by atoms with Gasteiger partial charge in [-0.1, -0.05) is 30.3 Å². The fourth-order valence-corrected chi connectivity index (χ4v) is 1.50. The van der Waals surface area contributed by atoms with E-state index in [1.165, 1.54) is 11.1 Å². The molecule has 1 heterocycles. The molecule has 0 amide bonds. The summed E-state index contributed by atoms with van der Waals surface area (Å²) in [6, 6.07) is 11.5. The van der Waals surface area contributed by atoms with Gasteiger partial charge in [-0.15, -0.1) is 0 Å². The van der Waals surface area contributed by atoms with E-state index in [4.69, 9.17) is 11.0 Å². The number of nitrogens with zero attached hydrogens (tertiary/aromatic N) is 3. The third-order valence-electron chi connectivity index (χ3n) is 2.49. The topological polar surface area (TPSA) is 85.6 Å². The minimum atomic E-state index is -0.0707. The lowest BCUT2D eigenvalue weighted by molar-refractivity contribution is 0.217. The van der Waals surface area contributed by atoms with Gasteiger partial charge in [0.15, 0.2) is 0 Å². The largest absolute Gasteiger partial charge is 0.493 e. The Morgan fingerprint density at radius 3 is 2.78 bits per heavy atom. The second kappa shape index (κ2) is 5.06. The summed E-state index contributed by atoms with van der Waals surface area (Å²) in [5, 5.41) is 24.0. The van der Waals surface area contributed by atoms with E-state index in [0.717, 1.165) is 5.56 Å². The molecule has 0 fully saturated rings. The quantitative estimate of drug-likeness (QED) is 0.766. The third-order valence-corrected chi connectivity index (χ3v) is 2.49. The molecule has 0 aromatic heterocycles. The van der Waals surface area contributed by atoms with Crippen molar-refractivity contribution in [1.29, 1.82) is 5.26 Å². The maximum atomic E-state index is 9.68. The number of rotatable bonds is 2. The summed E-state index contributed by atoms with van der Waals surface area (Å²) in [7, 11) is 0. The Balaban J connectivity index is 2.16. The molecule has 0 saturated heterocycles. The summed E-state index contributed by atoms with van der Waals surface area (Å²) in [5.41, 5.74) is 7.17. The van der Waals surface area contributed by atoms with Crippen LogP contribution < -0.4 is 5.73 Å². The van der Waals surface area contributed by atoms with Crippen LogP contribution in [-0.4, -0.2) is 22.9 Å². The summed E-state index contributed by atoms with van der Waals surface area (Å²) < 4.78 is 0. The Morgan fingerprint density at radius 1 is 1.39 bits per heavy atom. The van der Waals surface area contributed by atoms with Gasteiger partial charge >= 0.3 is 0 Å². The summed E-state index contributed by atoms with van der Waals surface area (Å²) in [4.78, 5) is 0. The zero-order valence-electron chi connectivity index (χ0n) is 9.61. The molecule has 0 atom stereocenters. The normalized spacial score (nSPS) is 15.7. The molecule has 3 N–H and O–H groups in total. The molecule has 0 radical (unpaired) electrons. The molecule has 0 unspecified atom stereocenters. The van der Waals surface area contributed by atoms with E-state index < -0.39 is 0 Å². The maximum absolute atomic E-state index is 9.68. The first-order valence-corrected chi connectivity index (χ1v) is 5.36. The van der Waals surface area contributed by atoms with Crippen LogP contribution in [0.1, 0.15) is 5.56 Å². The van der Waals surface area contributed by atoms with E-state index in [0.29, 0.717) is 5.57 Å². The molecule has 1 aliphatic heterocycles. The van der Waals surface area contributed by atoms with Crippen LogP contribution in [0.5, 0.6) is 0 Å². The van der Waals surface area contributed by atoms with Crippen molar-refractivity contribution in [3.63, 3.8) is 0 Å². The van der Waals surface area contributed by atoms with E-state index in [1.54, 1.807) is 6.21 Å². The van der Waals surface area contributed by atoms with Gasteiger partial charge in [-0.25, -0.2) is 5.01 Å². The number of nitriles is 1. The Bertz CT molecular complexity index is 566. The van der Waals surface area contributed by atoms with E-state index >= 15 is 0 Å². The van der Waals surface area contributed by atoms with E-state index in [1.807, 2.05) is 36.4 Å². The zero-order valence-corrected chi connectivity index (χ0v) is 9.61. The van der Waals surface area contributed by atoms with Gasteiger partial charge in [0.2, 0.25) is 5.88 Å². The van der Waals surface area contributed by atoms with Gasteiger partial charge in [-0.3, -0.25) is 0 Å². The summed E-state index contributed by atoms with van der Waals surface area (Å²) in [6.45, 7) is 0.175. The maximum Gasteiger partial charge on any atom is 0.210 e. The molecule has 90 valence electrons. The van der Waals surface area contributed by atoms with E-state index in [-0.39, 0.29) is 18.1 Å². The van der Waals surface area contributed by atoms with Crippen LogP contribution in [0.4, 0.5) is 0 Å². The number of aliphatic hydroxyl groups is 1. The molecule has 5 heteroatoms. The lowest BCUT2D eigenvalue weighted by atomic mass is 10.2. The van der Waals surface area contributed by atoms with Crippen LogP contribution in [0.25, 0.3) is 0 Å². The van der Waals surface area contributed by atoms with E-state index in [2.05, 4.69) is 5.10 Å².